The van der Waals surface area contributed by atoms with Gasteiger partial charge in [0.05, 0.1) is 6.61 Å². The first-order chi connectivity index (χ1) is 12.9. The lowest BCUT2D eigenvalue weighted by Gasteiger charge is -2.36. The van der Waals surface area contributed by atoms with Crippen LogP contribution in [-0.4, -0.2) is 56.7 Å². The zero-order valence-electron chi connectivity index (χ0n) is 16.3. The zero-order chi connectivity index (χ0) is 19.6. The van der Waals surface area contributed by atoms with Crippen LogP contribution < -0.4 is 10.1 Å². The van der Waals surface area contributed by atoms with Crippen molar-refractivity contribution in [2.75, 3.05) is 26.7 Å². The second-order valence-corrected chi connectivity index (χ2v) is 9.44. The number of rotatable bonds is 5. The fourth-order valence-electron chi connectivity index (χ4n) is 3.80. The summed E-state index contributed by atoms with van der Waals surface area (Å²) in [6, 6.07) is 4.90. The van der Waals surface area contributed by atoms with Crippen molar-refractivity contribution in [2.24, 2.45) is 5.92 Å². The zero-order valence-corrected chi connectivity index (χ0v) is 17.1. The maximum Gasteiger partial charge on any atom is 0.247 e. The van der Waals surface area contributed by atoms with Crippen molar-refractivity contribution in [3.63, 3.8) is 0 Å². The van der Waals surface area contributed by atoms with E-state index in [1.54, 1.807) is 13.0 Å². The quantitative estimate of drug-likeness (QED) is 0.801. The Morgan fingerprint density at radius 2 is 2.19 bits per heavy atom. The van der Waals surface area contributed by atoms with Gasteiger partial charge in [0.1, 0.15) is 16.7 Å². The smallest absolute Gasteiger partial charge is 0.247 e. The van der Waals surface area contributed by atoms with Gasteiger partial charge in [-0.1, -0.05) is 19.1 Å². The number of sulfonamides is 1. The van der Waals surface area contributed by atoms with Crippen LogP contribution in [-0.2, 0) is 10.0 Å². The molecule has 6 nitrogen and oxygen atoms in total. The summed E-state index contributed by atoms with van der Waals surface area (Å²) in [5, 5.41) is 12.8. The van der Waals surface area contributed by atoms with Crippen LogP contribution in [0.5, 0.6) is 5.75 Å². The number of fused-ring (bicyclic) bond motifs is 1. The van der Waals surface area contributed by atoms with Crippen LogP contribution in [0.25, 0.3) is 5.57 Å². The number of hydrogen-bond acceptors (Lipinski definition) is 5. The van der Waals surface area contributed by atoms with Crippen LogP contribution in [0.15, 0.2) is 29.2 Å². The van der Waals surface area contributed by atoms with Crippen LogP contribution in [0.2, 0.25) is 0 Å². The average Bonchev–Trinajstić information content (AvgIpc) is 3.18. The Bertz CT molecular complexity index is 806. The van der Waals surface area contributed by atoms with E-state index in [4.69, 9.17) is 4.74 Å². The van der Waals surface area contributed by atoms with Gasteiger partial charge in [-0.15, -0.1) is 0 Å². The highest BCUT2D eigenvalue weighted by atomic mass is 32.2. The van der Waals surface area contributed by atoms with E-state index in [0.717, 1.165) is 24.8 Å². The Hall–Kier alpha value is -1.41. The number of benzene rings is 1. The predicted octanol–water partition coefficient (Wildman–Crippen LogP) is 2.24. The molecule has 1 aliphatic carbocycles. The van der Waals surface area contributed by atoms with Crippen LogP contribution in [0.4, 0.5) is 0 Å². The van der Waals surface area contributed by atoms with E-state index in [9.17, 15) is 13.5 Å². The molecule has 1 aromatic carbocycles. The van der Waals surface area contributed by atoms with Crippen LogP contribution >= 0.6 is 0 Å². The molecule has 2 N–H and O–H groups in total. The van der Waals surface area contributed by atoms with Crippen molar-refractivity contribution < 1.29 is 18.3 Å². The normalized spacial score (nSPS) is 26.4. The van der Waals surface area contributed by atoms with Gasteiger partial charge in [0.2, 0.25) is 10.0 Å². The Morgan fingerprint density at radius 1 is 1.41 bits per heavy atom. The monoisotopic (exact) mass is 394 g/mol. The topological polar surface area (TPSA) is 78.9 Å². The number of ether oxygens (including phenoxy) is 1. The SMILES string of the molecule is CNC[C@@H]1Oc2cc(C3=CCCC3)ccc2S(=O)(=O)N([C@@H](C)CO)C[C@H]1C. The van der Waals surface area contributed by atoms with Crippen molar-refractivity contribution in [3.8, 4) is 5.75 Å². The van der Waals surface area contributed by atoms with E-state index in [1.807, 2.05) is 26.1 Å². The lowest BCUT2D eigenvalue weighted by atomic mass is 10.0. The summed E-state index contributed by atoms with van der Waals surface area (Å²) in [7, 11) is -1.90. The van der Waals surface area contributed by atoms with Crippen LogP contribution in [0.3, 0.4) is 0 Å². The Morgan fingerprint density at radius 3 is 2.81 bits per heavy atom. The number of hydrogen-bond donors (Lipinski definition) is 2. The Balaban J connectivity index is 2.11. The minimum Gasteiger partial charge on any atom is -0.487 e. The van der Waals surface area contributed by atoms with Gasteiger partial charge in [-0.3, -0.25) is 0 Å². The molecule has 0 amide bonds. The minimum absolute atomic E-state index is 0.0243. The number of allylic oxidation sites excluding steroid dienone is 2. The van der Waals surface area contributed by atoms with E-state index in [-0.39, 0.29) is 23.5 Å². The third-order valence-electron chi connectivity index (χ3n) is 5.48. The van der Waals surface area contributed by atoms with E-state index in [2.05, 4.69) is 11.4 Å². The van der Waals surface area contributed by atoms with E-state index >= 15 is 0 Å². The van der Waals surface area contributed by atoms with Gasteiger partial charge in [0.25, 0.3) is 0 Å². The van der Waals surface area contributed by atoms with Gasteiger partial charge in [-0.25, -0.2) is 8.42 Å². The van der Waals surface area contributed by atoms with Gasteiger partial charge < -0.3 is 15.2 Å². The molecular weight excluding hydrogens is 364 g/mol. The second-order valence-electron chi connectivity index (χ2n) is 7.58. The van der Waals surface area contributed by atoms with Crippen molar-refractivity contribution in [2.45, 2.75) is 50.2 Å². The first-order valence-corrected chi connectivity index (χ1v) is 11.1. The summed E-state index contributed by atoms with van der Waals surface area (Å²) < 4.78 is 34.3. The van der Waals surface area contributed by atoms with Crippen LogP contribution in [0, 0.1) is 5.92 Å². The summed E-state index contributed by atoms with van der Waals surface area (Å²) in [5.41, 5.74) is 2.28. The standard InChI is InChI=1S/C20H30N2O4S/c1-14-12-22(15(2)13-23)27(24,25)20-9-8-17(16-6-4-5-7-16)10-18(20)26-19(14)11-21-3/h6,8-10,14-15,19,21,23H,4-5,7,11-13H2,1-3H3/t14-,15+,19+/m1/s1. The molecule has 2 aliphatic rings. The van der Waals surface area contributed by atoms with E-state index in [1.165, 1.54) is 9.88 Å². The number of aliphatic hydroxyl groups excluding tert-OH is 1. The molecule has 0 saturated heterocycles. The maximum absolute atomic E-state index is 13.3. The molecule has 1 aromatic rings. The summed E-state index contributed by atoms with van der Waals surface area (Å²) in [6.45, 7) is 4.43. The summed E-state index contributed by atoms with van der Waals surface area (Å²) in [4.78, 5) is 0.179. The van der Waals surface area contributed by atoms with Crippen LogP contribution in [0.1, 0.15) is 38.7 Å². The molecule has 0 bridgehead atoms. The van der Waals surface area contributed by atoms with E-state index < -0.39 is 16.1 Å². The first-order valence-electron chi connectivity index (χ1n) is 9.66. The number of likely N-dealkylation sites (N-methyl/N-ethyl adjacent to an activating group) is 1. The van der Waals surface area contributed by atoms with Gasteiger partial charge in [-0.2, -0.15) is 4.31 Å². The molecule has 0 radical (unpaired) electrons. The molecule has 0 spiro atoms. The first kappa shape index (κ1) is 20.3. The molecule has 0 aromatic heterocycles. The lowest BCUT2D eigenvalue weighted by molar-refractivity contribution is 0.103. The molecular formula is C20H30N2O4S. The van der Waals surface area contributed by atoms with Gasteiger partial charge >= 0.3 is 0 Å². The largest absolute Gasteiger partial charge is 0.487 e. The number of aliphatic hydroxyl groups is 1. The Kier molecular flexibility index (Phi) is 6.25. The van der Waals surface area contributed by atoms with Crippen molar-refractivity contribution in [3.05, 3.63) is 29.8 Å². The van der Waals surface area contributed by atoms with E-state index in [0.29, 0.717) is 18.8 Å². The lowest BCUT2D eigenvalue weighted by Crippen LogP contribution is -2.49. The van der Waals surface area contributed by atoms with Gasteiger partial charge in [0, 0.05) is 25.0 Å². The third-order valence-corrected chi connectivity index (χ3v) is 7.50. The number of nitrogens with zero attached hydrogens (tertiary/aromatic N) is 1. The molecule has 7 heteroatoms. The molecule has 0 saturated carbocycles. The second kappa shape index (κ2) is 8.31. The molecule has 3 rings (SSSR count). The molecule has 0 unspecified atom stereocenters. The highest BCUT2D eigenvalue weighted by Gasteiger charge is 2.37. The van der Waals surface area contributed by atoms with Gasteiger partial charge in [-0.05, 0) is 56.5 Å². The minimum atomic E-state index is -3.76. The molecule has 1 heterocycles. The Labute approximate surface area is 162 Å². The molecule has 0 fully saturated rings. The van der Waals surface area contributed by atoms with Crippen molar-refractivity contribution in [1.82, 2.24) is 9.62 Å². The fourth-order valence-corrected chi connectivity index (χ4v) is 5.63. The van der Waals surface area contributed by atoms with Crippen molar-refractivity contribution >= 4 is 15.6 Å². The highest BCUT2D eigenvalue weighted by Crippen LogP contribution is 2.37. The summed E-state index contributed by atoms with van der Waals surface area (Å²) in [6.07, 6.45) is 5.26. The summed E-state index contributed by atoms with van der Waals surface area (Å²) >= 11 is 0. The summed E-state index contributed by atoms with van der Waals surface area (Å²) in [5.74, 6) is 0.381. The molecule has 150 valence electrons. The maximum atomic E-state index is 13.3. The third kappa shape index (κ3) is 4.06. The van der Waals surface area contributed by atoms with Crippen molar-refractivity contribution in [1.29, 1.82) is 0 Å². The molecule has 27 heavy (non-hydrogen) atoms. The molecule has 3 atom stereocenters. The number of nitrogens with one attached hydrogen (secondary N) is 1. The fraction of sp³-hybridized carbons (Fsp3) is 0.600. The predicted molar refractivity (Wildman–Crippen MR) is 106 cm³/mol. The van der Waals surface area contributed by atoms with Gasteiger partial charge in [0.15, 0.2) is 0 Å². The average molecular weight is 395 g/mol. The highest BCUT2D eigenvalue weighted by molar-refractivity contribution is 7.89. The molecule has 1 aliphatic heterocycles.